The first-order valence-electron chi connectivity index (χ1n) is 8.19. The van der Waals surface area contributed by atoms with Crippen molar-refractivity contribution in [3.05, 3.63) is 64.8 Å². The highest BCUT2D eigenvalue weighted by Crippen LogP contribution is 2.32. The van der Waals surface area contributed by atoms with Gasteiger partial charge in [0.1, 0.15) is 5.75 Å². The lowest BCUT2D eigenvalue weighted by Gasteiger charge is -2.15. The second-order valence-corrected chi connectivity index (χ2v) is 6.28. The Balaban J connectivity index is 1.79. The third-order valence-electron chi connectivity index (χ3n) is 3.95. The van der Waals surface area contributed by atoms with Crippen molar-refractivity contribution in [2.24, 2.45) is 0 Å². The summed E-state index contributed by atoms with van der Waals surface area (Å²) in [5.41, 5.74) is 2.81. The van der Waals surface area contributed by atoms with Gasteiger partial charge in [-0.3, -0.25) is 0 Å². The quantitative estimate of drug-likeness (QED) is 0.652. The van der Waals surface area contributed by atoms with E-state index in [4.69, 9.17) is 16.3 Å². The zero-order valence-corrected chi connectivity index (χ0v) is 15.6. The first-order valence-corrected chi connectivity index (χ1v) is 8.57. The van der Waals surface area contributed by atoms with Gasteiger partial charge in [-0.25, -0.2) is 0 Å². The Hall–Kier alpha value is -2.86. The zero-order chi connectivity index (χ0) is 18.5. The molecule has 0 spiro atoms. The SMILES string of the molecule is COc1cc(Cl)c(C)cc1Nc1nncc(NC(C)c2ccccc2)n1. The van der Waals surface area contributed by atoms with Crippen LogP contribution in [0.15, 0.2) is 48.7 Å². The van der Waals surface area contributed by atoms with E-state index in [2.05, 4.69) is 44.9 Å². The van der Waals surface area contributed by atoms with Gasteiger partial charge in [-0.1, -0.05) is 41.9 Å². The molecule has 0 aliphatic rings. The summed E-state index contributed by atoms with van der Waals surface area (Å²) in [6, 6.07) is 13.9. The third kappa shape index (κ3) is 4.21. The molecular weight excluding hydrogens is 350 g/mol. The van der Waals surface area contributed by atoms with E-state index < -0.39 is 0 Å². The average Bonchev–Trinajstić information content (AvgIpc) is 2.65. The maximum absolute atomic E-state index is 6.15. The summed E-state index contributed by atoms with van der Waals surface area (Å²) in [6.07, 6.45) is 1.59. The molecule has 3 rings (SSSR count). The van der Waals surface area contributed by atoms with E-state index >= 15 is 0 Å². The summed E-state index contributed by atoms with van der Waals surface area (Å²) in [7, 11) is 1.59. The number of nitrogens with zero attached hydrogens (tertiary/aromatic N) is 3. The number of aryl methyl sites for hydroxylation is 1. The van der Waals surface area contributed by atoms with Gasteiger partial charge in [-0.05, 0) is 31.0 Å². The van der Waals surface area contributed by atoms with Gasteiger partial charge >= 0.3 is 0 Å². The van der Waals surface area contributed by atoms with Crippen LogP contribution in [-0.2, 0) is 0 Å². The Morgan fingerprint density at radius 2 is 1.92 bits per heavy atom. The molecule has 2 aromatic carbocycles. The maximum Gasteiger partial charge on any atom is 0.249 e. The molecule has 7 heteroatoms. The van der Waals surface area contributed by atoms with Gasteiger partial charge in [-0.2, -0.15) is 10.1 Å². The molecule has 1 heterocycles. The number of rotatable bonds is 6. The van der Waals surface area contributed by atoms with E-state index in [-0.39, 0.29) is 6.04 Å². The minimum Gasteiger partial charge on any atom is -0.495 e. The number of hydrogen-bond donors (Lipinski definition) is 2. The molecule has 26 heavy (non-hydrogen) atoms. The fourth-order valence-corrected chi connectivity index (χ4v) is 2.68. The predicted molar refractivity (Wildman–Crippen MR) is 104 cm³/mol. The van der Waals surface area contributed by atoms with Gasteiger partial charge in [-0.15, -0.1) is 5.10 Å². The third-order valence-corrected chi connectivity index (χ3v) is 4.36. The number of methoxy groups -OCH3 is 1. The molecule has 1 aromatic heterocycles. The normalized spacial score (nSPS) is 11.7. The number of nitrogens with one attached hydrogen (secondary N) is 2. The van der Waals surface area contributed by atoms with Crippen molar-refractivity contribution in [3.8, 4) is 5.75 Å². The predicted octanol–water partition coefficient (Wildman–Crippen LogP) is 4.76. The van der Waals surface area contributed by atoms with Crippen LogP contribution in [0.5, 0.6) is 5.75 Å². The summed E-state index contributed by atoms with van der Waals surface area (Å²) in [5, 5.41) is 15.2. The molecule has 0 fully saturated rings. The van der Waals surface area contributed by atoms with Crippen molar-refractivity contribution < 1.29 is 4.74 Å². The summed E-state index contributed by atoms with van der Waals surface area (Å²) >= 11 is 6.15. The van der Waals surface area contributed by atoms with Gasteiger partial charge in [0.05, 0.1) is 19.0 Å². The summed E-state index contributed by atoms with van der Waals surface area (Å²) in [4.78, 5) is 4.48. The lowest BCUT2D eigenvalue weighted by Crippen LogP contribution is -2.10. The molecule has 0 bridgehead atoms. The fourth-order valence-electron chi connectivity index (χ4n) is 2.52. The number of aromatic nitrogens is 3. The van der Waals surface area contributed by atoms with Crippen LogP contribution in [0, 0.1) is 6.92 Å². The molecule has 3 aromatic rings. The Labute approximate surface area is 157 Å². The molecule has 0 aliphatic heterocycles. The van der Waals surface area contributed by atoms with E-state index in [0.29, 0.717) is 22.5 Å². The molecule has 1 unspecified atom stereocenters. The maximum atomic E-state index is 6.15. The Kier molecular flexibility index (Phi) is 5.53. The zero-order valence-electron chi connectivity index (χ0n) is 14.8. The minimum absolute atomic E-state index is 0.0908. The van der Waals surface area contributed by atoms with Gasteiger partial charge in [0.25, 0.3) is 0 Å². The molecule has 0 aliphatic carbocycles. The molecule has 0 saturated carbocycles. The van der Waals surface area contributed by atoms with Gasteiger partial charge in [0.15, 0.2) is 5.82 Å². The van der Waals surface area contributed by atoms with Crippen molar-refractivity contribution in [3.63, 3.8) is 0 Å². The Morgan fingerprint density at radius 1 is 1.15 bits per heavy atom. The number of benzene rings is 2. The summed E-state index contributed by atoms with van der Waals surface area (Å²) in [6.45, 7) is 3.99. The molecule has 134 valence electrons. The number of ether oxygens (including phenoxy) is 1. The van der Waals surface area contributed by atoms with Gasteiger partial charge in [0.2, 0.25) is 5.95 Å². The first-order chi connectivity index (χ1) is 12.6. The van der Waals surface area contributed by atoms with Crippen LogP contribution in [0.2, 0.25) is 5.02 Å². The van der Waals surface area contributed by atoms with Crippen LogP contribution >= 0.6 is 11.6 Å². The van der Waals surface area contributed by atoms with Crippen LogP contribution in [0.25, 0.3) is 0 Å². The monoisotopic (exact) mass is 369 g/mol. The first kappa shape index (κ1) is 17.9. The average molecular weight is 370 g/mol. The van der Waals surface area contributed by atoms with Crippen LogP contribution in [-0.4, -0.2) is 22.3 Å². The fraction of sp³-hybridized carbons (Fsp3) is 0.211. The van der Waals surface area contributed by atoms with E-state index in [0.717, 1.165) is 16.8 Å². The molecule has 0 saturated heterocycles. The lowest BCUT2D eigenvalue weighted by atomic mass is 10.1. The number of halogens is 1. The number of anilines is 3. The highest BCUT2D eigenvalue weighted by Gasteiger charge is 2.11. The topological polar surface area (TPSA) is 72.0 Å². The smallest absolute Gasteiger partial charge is 0.249 e. The van der Waals surface area contributed by atoms with Crippen LogP contribution in [0.4, 0.5) is 17.5 Å². The molecule has 1 atom stereocenters. The van der Waals surface area contributed by atoms with Crippen molar-refractivity contribution in [1.29, 1.82) is 0 Å². The second-order valence-electron chi connectivity index (χ2n) is 5.87. The molecular formula is C19H20ClN5O. The Morgan fingerprint density at radius 3 is 2.65 bits per heavy atom. The highest BCUT2D eigenvalue weighted by atomic mass is 35.5. The van der Waals surface area contributed by atoms with E-state index in [1.807, 2.05) is 31.2 Å². The van der Waals surface area contributed by atoms with Crippen LogP contribution < -0.4 is 15.4 Å². The molecule has 0 radical (unpaired) electrons. The van der Waals surface area contributed by atoms with Crippen LogP contribution in [0.1, 0.15) is 24.1 Å². The summed E-state index contributed by atoms with van der Waals surface area (Å²) < 4.78 is 5.37. The van der Waals surface area contributed by atoms with Crippen molar-refractivity contribution >= 4 is 29.1 Å². The second kappa shape index (κ2) is 8.01. The standard InChI is InChI=1S/C19H20ClN5O/c1-12-9-16(17(26-3)10-15(12)20)23-19-24-18(11-21-25-19)22-13(2)14-7-5-4-6-8-14/h4-11,13H,1-3H3,(H2,22,23,24,25). The van der Waals surface area contributed by atoms with Gasteiger partial charge < -0.3 is 15.4 Å². The van der Waals surface area contributed by atoms with Gasteiger partial charge in [0, 0.05) is 17.1 Å². The summed E-state index contributed by atoms with van der Waals surface area (Å²) in [5.74, 6) is 1.61. The molecule has 2 N–H and O–H groups in total. The molecule has 0 amide bonds. The minimum atomic E-state index is 0.0908. The van der Waals surface area contributed by atoms with Crippen molar-refractivity contribution in [1.82, 2.24) is 15.2 Å². The van der Waals surface area contributed by atoms with Crippen molar-refractivity contribution in [2.45, 2.75) is 19.9 Å². The largest absolute Gasteiger partial charge is 0.495 e. The van der Waals surface area contributed by atoms with Crippen LogP contribution in [0.3, 0.4) is 0 Å². The highest BCUT2D eigenvalue weighted by molar-refractivity contribution is 6.31. The van der Waals surface area contributed by atoms with E-state index in [1.54, 1.807) is 19.4 Å². The number of hydrogen-bond acceptors (Lipinski definition) is 6. The van der Waals surface area contributed by atoms with E-state index in [1.165, 1.54) is 0 Å². The Bertz CT molecular complexity index is 888. The lowest BCUT2D eigenvalue weighted by molar-refractivity contribution is 0.416. The molecule has 6 nitrogen and oxygen atoms in total. The van der Waals surface area contributed by atoms with Crippen molar-refractivity contribution in [2.75, 3.05) is 17.7 Å². The van der Waals surface area contributed by atoms with E-state index in [9.17, 15) is 0 Å².